The third-order valence-corrected chi connectivity index (χ3v) is 7.56. The highest BCUT2D eigenvalue weighted by atomic mass is 32.1. The highest BCUT2D eigenvalue weighted by Gasteiger charge is 2.47. The minimum atomic E-state index is -5.08. The summed E-state index contributed by atoms with van der Waals surface area (Å²) < 4.78 is 34.7. The SMILES string of the molecule is O=C(O)C(F)(F)F.O=c1c(=O)n2c(nn1Cc1cccs1)C1(CCN(Cc3ccsc3)C1)CC2. The average molecular weight is 515 g/mol. The summed E-state index contributed by atoms with van der Waals surface area (Å²) in [5, 5.41) is 18.1. The van der Waals surface area contributed by atoms with Gasteiger partial charge in [0.2, 0.25) is 0 Å². The van der Waals surface area contributed by atoms with Crippen molar-refractivity contribution in [3.8, 4) is 0 Å². The molecule has 0 aromatic carbocycles. The number of carboxylic acid groups (broad SMARTS) is 1. The van der Waals surface area contributed by atoms with Crippen molar-refractivity contribution in [2.45, 2.75) is 44.1 Å². The van der Waals surface area contributed by atoms with Crippen molar-refractivity contribution in [2.75, 3.05) is 13.1 Å². The third kappa shape index (κ3) is 5.00. The maximum Gasteiger partial charge on any atom is 0.490 e. The zero-order valence-corrected chi connectivity index (χ0v) is 19.5. The molecule has 5 heterocycles. The number of rotatable bonds is 4. The summed E-state index contributed by atoms with van der Waals surface area (Å²) in [5.74, 6) is -1.95. The molecule has 2 aliphatic rings. The highest BCUT2D eigenvalue weighted by molar-refractivity contribution is 7.09. The number of likely N-dealkylation sites (tertiary alicyclic amines) is 1. The molecule has 1 fully saturated rings. The number of aliphatic carboxylic acids is 1. The van der Waals surface area contributed by atoms with E-state index in [9.17, 15) is 22.8 Å². The van der Waals surface area contributed by atoms with Gasteiger partial charge in [0, 0.05) is 29.9 Å². The van der Waals surface area contributed by atoms with Crippen molar-refractivity contribution in [2.24, 2.45) is 0 Å². The van der Waals surface area contributed by atoms with Crippen molar-refractivity contribution < 1.29 is 23.1 Å². The lowest BCUT2D eigenvalue weighted by atomic mass is 9.85. The van der Waals surface area contributed by atoms with Crippen LogP contribution >= 0.6 is 22.7 Å². The van der Waals surface area contributed by atoms with Gasteiger partial charge in [-0.3, -0.25) is 19.1 Å². The van der Waals surface area contributed by atoms with Gasteiger partial charge in [-0.05, 0) is 53.2 Å². The molecule has 1 saturated heterocycles. The monoisotopic (exact) mass is 514 g/mol. The highest BCUT2D eigenvalue weighted by Crippen LogP contribution is 2.40. The fourth-order valence-corrected chi connectivity index (χ4v) is 5.70. The van der Waals surface area contributed by atoms with Gasteiger partial charge in [-0.2, -0.15) is 29.6 Å². The number of carboxylic acids is 1. The van der Waals surface area contributed by atoms with Crippen LogP contribution in [0.4, 0.5) is 13.2 Å². The molecule has 8 nitrogen and oxygen atoms in total. The van der Waals surface area contributed by atoms with E-state index in [0.717, 1.165) is 43.2 Å². The molecule has 182 valence electrons. The first-order valence-electron chi connectivity index (χ1n) is 10.4. The Balaban J connectivity index is 0.000000344. The number of hydrogen-bond acceptors (Lipinski definition) is 7. The van der Waals surface area contributed by atoms with Crippen LogP contribution in [0.2, 0.25) is 0 Å². The van der Waals surface area contributed by atoms with Crippen LogP contribution < -0.4 is 11.1 Å². The molecule has 0 radical (unpaired) electrons. The van der Waals surface area contributed by atoms with Crippen LogP contribution in [-0.4, -0.2) is 49.6 Å². The number of fused-ring (bicyclic) bond motifs is 2. The first-order valence-corrected chi connectivity index (χ1v) is 12.2. The molecule has 13 heteroatoms. The number of carbonyl (C=O) groups is 1. The van der Waals surface area contributed by atoms with Crippen LogP contribution in [0.15, 0.2) is 43.9 Å². The summed E-state index contributed by atoms with van der Waals surface area (Å²) in [6.07, 6.45) is -3.21. The molecule has 0 bridgehead atoms. The molecule has 0 saturated carbocycles. The Morgan fingerprint density at radius 2 is 1.85 bits per heavy atom. The maximum absolute atomic E-state index is 12.7. The molecule has 34 heavy (non-hydrogen) atoms. The number of alkyl halides is 3. The predicted octanol–water partition coefficient (Wildman–Crippen LogP) is 2.76. The lowest BCUT2D eigenvalue weighted by Crippen LogP contribution is -2.45. The molecule has 1 N–H and O–H groups in total. The number of halogens is 3. The quantitative estimate of drug-likeness (QED) is 0.538. The van der Waals surface area contributed by atoms with E-state index in [0.29, 0.717) is 13.1 Å². The first kappa shape index (κ1) is 24.4. The van der Waals surface area contributed by atoms with Crippen molar-refractivity contribution in [3.63, 3.8) is 0 Å². The number of aromatic nitrogens is 3. The second kappa shape index (κ2) is 9.47. The predicted molar refractivity (Wildman–Crippen MR) is 120 cm³/mol. The largest absolute Gasteiger partial charge is 0.490 e. The lowest BCUT2D eigenvalue weighted by Gasteiger charge is -2.23. The molecule has 3 aromatic rings. The summed E-state index contributed by atoms with van der Waals surface area (Å²) in [6.45, 7) is 3.80. The molecule has 5 rings (SSSR count). The topological polar surface area (TPSA) is 97.4 Å². The van der Waals surface area contributed by atoms with Crippen molar-refractivity contribution in [1.82, 2.24) is 19.2 Å². The standard InChI is InChI=1S/C19H20N4O2S2.C2HF3O2/c24-16-17(25)23(11-15-2-1-8-27-15)20-18-19(5-7-22(16)18)4-6-21(13-19)10-14-3-9-26-12-14;3-2(4,5)1(6)7/h1-3,8-9,12H,4-7,10-11,13H2;(H,6,7). The van der Waals surface area contributed by atoms with Gasteiger partial charge in [0.05, 0.1) is 6.54 Å². The van der Waals surface area contributed by atoms with E-state index in [1.807, 2.05) is 17.5 Å². The van der Waals surface area contributed by atoms with Crippen LogP contribution in [0.1, 0.15) is 29.1 Å². The third-order valence-electron chi connectivity index (χ3n) is 5.97. The van der Waals surface area contributed by atoms with Crippen LogP contribution in [0, 0.1) is 0 Å². The number of nitrogens with zero attached hydrogens (tertiary/aromatic N) is 4. The van der Waals surface area contributed by atoms with E-state index in [1.54, 1.807) is 27.2 Å². The van der Waals surface area contributed by atoms with Gasteiger partial charge in [-0.1, -0.05) is 6.07 Å². The molecule has 2 aliphatic heterocycles. The van der Waals surface area contributed by atoms with E-state index < -0.39 is 23.3 Å². The van der Waals surface area contributed by atoms with Gasteiger partial charge >= 0.3 is 23.3 Å². The molecule has 1 unspecified atom stereocenters. The Labute approximate surface area is 199 Å². The average Bonchev–Trinajstić information content (AvgIpc) is 3.57. The van der Waals surface area contributed by atoms with Gasteiger partial charge < -0.3 is 5.11 Å². The Kier molecular flexibility index (Phi) is 6.78. The fourth-order valence-electron chi connectivity index (χ4n) is 4.35. The summed E-state index contributed by atoms with van der Waals surface area (Å²) in [5.41, 5.74) is 0.283. The van der Waals surface area contributed by atoms with Gasteiger partial charge in [-0.15, -0.1) is 11.3 Å². The van der Waals surface area contributed by atoms with Gasteiger partial charge in [-0.25, -0.2) is 9.48 Å². The van der Waals surface area contributed by atoms with E-state index in [2.05, 4.69) is 21.7 Å². The smallest absolute Gasteiger partial charge is 0.475 e. The second-order valence-corrected chi connectivity index (χ2v) is 10.1. The molecular weight excluding hydrogens is 493 g/mol. The van der Waals surface area contributed by atoms with Crippen molar-refractivity contribution >= 4 is 28.6 Å². The Morgan fingerprint density at radius 3 is 2.47 bits per heavy atom. The maximum atomic E-state index is 12.7. The van der Waals surface area contributed by atoms with E-state index in [4.69, 9.17) is 15.0 Å². The van der Waals surface area contributed by atoms with Crippen LogP contribution in [0.25, 0.3) is 0 Å². The fraction of sp³-hybridized carbons (Fsp3) is 0.429. The zero-order valence-electron chi connectivity index (χ0n) is 17.8. The van der Waals surface area contributed by atoms with Gasteiger partial charge in [0.25, 0.3) is 0 Å². The summed E-state index contributed by atoms with van der Waals surface area (Å²) >= 11 is 3.30. The van der Waals surface area contributed by atoms with Crippen LogP contribution in [-0.2, 0) is 29.8 Å². The Bertz CT molecular complexity index is 1270. The second-order valence-electron chi connectivity index (χ2n) is 8.25. The molecule has 1 atom stereocenters. The van der Waals surface area contributed by atoms with E-state index in [-0.39, 0.29) is 5.41 Å². The summed E-state index contributed by atoms with van der Waals surface area (Å²) in [4.78, 5) is 37.5. The van der Waals surface area contributed by atoms with Gasteiger partial charge in [0.1, 0.15) is 5.82 Å². The van der Waals surface area contributed by atoms with E-state index in [1.165, 1.54) is 10.2 Å². The Morgan fingerprint density at radius 1 is 1.12 bits per heavy atom. The summed E-state index contributed by atoms with van der Waals surface area (Å²) in [6, 6.07) is 6.09. The molecule has 3 aromatic heterocycles. The lowest BCUT2D eigenvalue weighted by molar-refractivity contribution is -0.192. The molecular formula is C21H21F3N4O4S2. The van der Waals surface area contributed by atoms with Crippen molar-refractivity contribution in [1.29, 1.82) is 0 Å². The summed E-state index contributed by atoms with van der Waals surface area (Å²) in [7, 11) is 0. The molecule has 0 aliphatic carbocycles. The van der Waals surface area contributed by atoms with Crippen LogP contribution in [0.3, 0.4) is 0 Å². The van der Waals surface area contributed by atoms with Crippen molar-refractivity contribution in [3.05, 3.63) is 71.3 Å². The normalized spacial score (nSPS) is 19.7. The minimum Gasteiger partial charge on any atom is -0.475 e. The number of thiophene rings is 2. The minimum absolute atomic E-state index is 0.111. The molecule has 0 amide bonds. The number of hydrogen-bond donors (Lipinski definition) is 1. The Hall–Kier alpha value is -2.77. The molecule has 1 spiro atoms. The van der Waals surface area contributed by atoms with Gasteiger partial charge in [0.15, 0.2) is 0 Å². The zero-order chi connectivity index (χ0) is 24.5. The van der Waals surface area contributed by atoms with E-state index >= 15 is 0 Å². The van der Waals surface area contributed by atoms with Crippen LogP contribution in [0.5, 0.6) is 0 Å². The first-order chi connectivity index (χ1) is 16.1.